The normalized spacial score (nSPS) is 12.7. The van der Waals surface area contributed by atoms with Crippen molar-refractivity contribution in [2.75, 3.05) is 24.3 Å². The summed E-state index contributed by atoms with van der Waals surface area (Å²) >= 11 is 6.15. The largest absolute Gasteiger partial charge is 0.486 e. The first-order valence-electron chi connectivity index (χ1n) is 7.85. The number of aromatic nitrogens is 4. The number of amides is 1. The fraction of sp³-hybridized carbons (Fsp3) is 0.188. The van der Waals surface area contributed by atoms with Crippen LogP contribution in [-0.4, -0.2) is 39.4 Å². The number of ether oxygens (including phenoxy) is 2. The minimum absolute atomic E-state index is 0.0499. The molecule has 0 atom stereocenters. The number of nitrogen functional groups attached to an aromatic ring is 1. The Hall–Kier alpha value is -3.40. The van der Waals surface area contributed by atoms with E-state index in [0.29, 0.717) is 46.7 Å². The summed E-state index contributed by atoms with van der Waals surface area (Å²) < 4.78 is 15.7. The molecule has 10 nitrogen and oxygen atoms in total. The van der Waals surface area contributed by atoms with E-state index >= 15 is 0 Å². The minimum atomic E-state index is -0.535. The Morgan fingerprint density at radius 2 is 2.07 bits per heavy atom. The van der Waals surface area contributed by atoms with Gasteiger partial charge in [0.05, 0.1) is 11.8 Å². The fourth-order valence-electron chi connectivity index (χ4n) is 2.58. The standard InChI is InChI=1S/C16H13ClN6O4/c1-7-12(23-27-22-7)16(24)21-11-6-19-13(15(18)20-11)9-4-8(17)5-10-14(9)26-3-2-25-10/h4-6H,2-3H2,1H3,(H3,18,20,21,24). The number of hydrogen-bond acceptors (Lipinski definition) is 9. The lowest BCUT2D eigenvalue weighted by Gasteiger charge is -2.21. The lowest BCUT2D eigenvalue weighted by Crippen LogP contribution is -2.17. The molecule has 0 radical (unpaired) electrons. The SMILES string of the molecule is Cc1nonc1C(=O)Nc1cnc(-c2cc(Cl)cc3c2OCCO3)c(N)n1. The summed E-state index contributed by atoms with van der Waals surface area (Å²) in [7, 11) is 0. The summed E-state index contributed by atoms with van der Waals surface area (Å²) in [5, 5.41) is 10.1. The van der Waals surface area contributed by atoms with Crippen molar-refractivity contribution in [2.45, 2.75) is 6.92 Å². The highest BCUT2D eigenvalue weighted by Gasteiger charge is 2.22. The zero-order valence-electron chi connectivity index (χ0n) is 14.0. The van der Waals surface area contributed by atoms with E-state index in [1.807, 2.05) is 0 Å². The summed E-state index contributed by atoms with van der Waals surface area (Å²) in [6.07, 6.45) is 1.36. The Kier molecular flexibility index (Phi) is 4.24. The number of benzene rings is 1. The molecule has 1 aromatic carbocycles. The number of carbonyl (C=O) groups is 1. The van der Waals surface area contributed by atoms with Crippen LogP contribution < -0.4 is 20.5 Å². The second kappa shape index (κ2) is 6.72. The van der Waals surface area contributed by atoms with Crippen LogP contribution in [0.4, 0.5) is 11.6 Å². The van der Waals surface area contributed by atoms with E-state index in [1.165, 1.54) is 6.20 Å². The number of anilines is 2. The van der Waals surface area contributed by atoms with Crippen LogP contribution in [0.3, 0.4) is 0 Å². The van der Waals surface area contributed by atoms with Crippen molar-refractivity contribution in [3.63, 3.8) is 0 Å². The van der Waals surface area contributed by atoms with E-state index in [4.69, 9.17) is 26.8 Å². The molecule has 1 aliphatic rings. The molecular formula is C16H13ClN6O4. The average molecular weight is 389 g/mol. The predicted octanol–water partition coefficient (Wildman–Crippen LogP) is 2.09. The van der Waals surface area contributed by atoms with Crippen molar-refractivity contribution in [1.29, 1.82) is 0 Å². The molecule has 1 amide bonds. The molecule has 3 heterocycles. The van der Waals surface area contributed by atoms with Crippen molar-refractivity contribution in [3.05, 3.63) is 34.7 Å². The first-order chi connectivity index (χ1) is 13.0. The van der Waals surface area contributed by atoms with Crippen LogP contribution in [0.25, 0.3) is 11.3 Å². The Labute approximate surface area is 157 Å². The predicted molar refractivity (Wildman–Crippen MR) is 94.9 cm³/mol. The van der Waals surface area contributed by atoms with Crippen molar-refractivity contribution < 1.29 is 18.9 Å². The van der Waals surface area contributed by atoms with E-state index in [9.17, 15) is 4.79 Å². The van der Waals surface area contributed by atoms with Gasteiger partial charge in [0.1, 0.15) is 24.6 Å². The summed E-state index contributed by atoms with van der Waals surface area (Å²) in [5.41, 5.74) is 7.36. The number of nitrogens with two attached hydrogens (primary N) is 1. The lowest BCUT2D eigenvalue weighted by atomic mass is 10.1. The Morgan fingerprint density at radius 1 is 1.26 bits per heavy atom. The van der Waals surface area contributed by atoms with Gasteiger partial charge in [0.25, 0.3) is 5.91 Å². The third-order valence-corrected chi connectivity index (χ3v) is 3.99. The zero-order chi connectivity index (χ0) is 19.0. The van der Waals surface area contributed by atoms with E-state index < -0.39 is 5.91 Å². The molecule has 27 heavy (non-hydrogen) atoms. The number of fused-ring (bicyclic) bond motifs is 1. The molecule has 0 saturated carbocycles. The first kappa shape index (κ1) is 17.0. The molecule has 3 N–H and O–H groups in total. The average Bonchev–Trinajstić information content (AvgIpc) is 3.07. The second-order valence-electron chi connectivity index (χ2n) is 5.62. The van der Waals surface area contributed by atoms with Crippen LogP contribution in [0.2, 0.25) is 5.02 Å². The van der Waals surface area contributed by atoms with Crippen molar-refractivity contribution in [1.82, 2.24) is 20.3 Å². The summed E-state index contributed by atoms with van der Waals surface area (Å²) in [4.78, 5) is 20.6. The molecule has 1 aliphatic heterocycles. The molecular weight excluding hydrogens is 376 g/mol. The number of halogens is 1. The Balaban J connectivity index is 1.66. The Morgan fingerprint density at radius 3 is 2.81 bits per heavy atom. The number of rotatable bonds is 3. The first-order valence-corrected chi connectivity index (χ1v) is 8.23. The number of nitrogens with zero attached hydrogens (tertiary/aromatic N) is 4. The minimum Gasteiger partial charge on any atom is -0.486 e. The van der Waals surface area contributed by atoms with Gasteiger partial charge in [0.15, 0.2) is 28.8 Å². The van der Waals surface area contributed by atoms with E-state index in [1.54, 1.807) is 19.1 Å². The van der Waals surface area contributed by atoms with Crippen LogP contribution >= 0.6 is 11.6 Å². The van der Waals surface area contributed by atoms with Gasteiger partial charge in [0.2, 0.25) is 0 Å². The smallest absolute Gasteiger partial charge is 0.281 e. The molecule has 0 spiro atoms. The van der Waals surface area contributed by atoms with Crippen LogP contribution in [0, 0.1) is 6.92 Å². The van der Waals surface area contributed by atoms with Gasteiger partial charge < -0.3 is 20.5 Å². The van der Waals surface area contributed by atoms with Gasteiger partial charge in [-0.25, -0.2) is 14.6 Å². The molecule has 0 bridgehead atoms. The van der Waals surface area contributed by atoms with Crippen molar-refractivity contribution in [3.8, 4) is 22.8 Å². The molecule has 11 heteroatoms. The third kappa shape index (κ3) is 3.22. The number of aryl methyl sites for hydroxylation is 1. The second-order valence-corrected chi connectivity index (χ2v) is 6.06. The molecule has 0 fully saturated rings. The quantitative estimate of drug-likeness (QED) is 0.690. The highest BCUT2D eigenvalue weighted by atomic mass is 35.5. The van der Waals surface area contributed by atoms with Gasteiger partial charge in [-0.15, -0.1) is 0 Å². The molecule has 138 valence electrons. The molecule has 4 rings (SSSR count). The number of hydrogen-bond donors (Lipinski definition) is 2. The maximum Gasteiger partial charge on any atom is 0.281 e. The van der Waals surface area contributed by atoms with Crippen LogP contribution in [0.5, 0.6) is 11.5 Å². The van der Waals surface area contributed by atoms with E-state index in [0.717, 1.165) is 0 Å². The molecule has 0 aliphatic carbocycles. The third-order valence-electron chi connectivity index (χ3n) is 3.77. The highest BCUT2D eigenvalue weighted by Crippen LogP contribution is 2.43. The van der Waals surface area contributed by atoms with Gasteiger partial charge in [-0.3, -0.25) is 4.79 Å². The molecule has 0 saturated heterocycles. The van der Waals surface area contributed by atoms with Gasteiger partial charge in [-0.2, -0.15) is 0 Å². The molecule has 2 aromatic heterocycles. The number of nitrogens with one attached hydrogen (secondary N) is 1. The molecule has 3 aromatic rings. The summed E-state index contributed by atoms with van der Waals surface area (Å²) in [5.74, 6) is 0.703. The molecule has 0 unspecified atom stereocenters. The summed E-state index contributed by atoms with van der Waals surface area (Å²) in [6, 6.07) is 3.32. The van der Waals surface area contributed by atoms with Gasteiger partial charge in [-0.1, -0.05) is 16.8 Å². The Bertz CT molecular complexity index is 1040. The number of carbonyl (C=O) groups excluding carboxylic acids is 1. The van der Waals surface area contributed by atoms with Gasteiger partial charge in [0, 0.05) is 11.1 Å². The van der Waals surface area contributed by atoms with Crippen molar-refractivity contribution in [2.24, 2.45) is 0 Å². The van der Waals surface area contributed by atoms with E-state index in [2.05, 4.69) is 30.2 Å². The maximum absolute atomic E-state index is 12.2. The van der Waals surface area contributed by atoms with Gasteiger partial charge in [-0.05, 0) is 18.1 Å². The topological polar surface area (TPSA) is 138 Å². The van der Waals surface area contributed by atoms with Crippen LogP contribution in [0.1, 0.15) is 16.2 Å². The van der Waals surface area contributed by atoms with Gasteiger partial charge >= 0.3 is 0 Å². The highest BCUT2D eigenvalue weighted by molar-refractivity contribution is 6.31. The van der Waals surface area contributed by atoms with E-state index in [-0.39, 0.29) is 17.3 Å². The summed E-state index contributed by atoms with van der Waals surface area (Å²) in [6.45, 7) is 2.42. The van der Waals surface area contributed by atoms with Crippen molar-refractivity contribution >= 4 is 29.1 Å². The lowest BCUT2D eigenvalue weighted by molar-refractivity contribution is 0.101. The maximum atomic E-state index is 12.2. The fourth-order valence-corrected chi connectivity index (χ4v) is 2.79. The van der Waals surface area contributed by atoms with Crippen LogP contribution in [-0.2, 0) is 0 Å². The zero-order valence-corrected chi connectivity index (χ0v) is 14.8. The monoisotopic (exact) mass is 388 g/mol. The van der Waals surface area contributed by atoms with Crippen LogP contribution in [0.15, 0.2) is 23.0 Å².